The highest BCUT2D eigenvalue weighted by molar-refractivity contribution is 7.80. The van der Waals surface area contributed by atoms with Crippen molar-refractivity contribution in [3.63, 3.8) is 0 Å². The summed E-state index contributed by atoms with van der Waals surface area (Å²) in [6, 6.07) is 0.547. The van der Waals surface area contributed by atoms with E-state index in [4.69, 9.17) is 18.0 Å². The van der Waals surface area contributed by atoms with Crippen LogP contribution in [0.5, 0.6) is 0 Å². The summed E-state index contributed by atoms with van der Waals surface area (Å²) in [7, 11) is 0. The molecular formula is C11H21N3OS. The number of hydrogen-bond donors (Lipinski definition) is 1. The van der Waals surface area contributed by atoms with Gasteiger partial charge < -0.3 is 15.5 Å². The van der Waals surface area contributed by atoms with Gasteiger partial charge in [-0.1, -0.05) is 12.2 Å². The van der Waals surface area contributed by atoms with Crippen LogP contribution in [-0.2, 0) is 0 Å². The minimum atomic E-state index is 0.128. The molecule has 0 atom stereocenters. The molecule has 16 heavy (non-hydrogen) atoms. The molecule has 1 aliphatic rings. The molecule has 0 spiro atoms. The molecule has 0 aromatic heterocycles. The Labute approximate surface area is 103 Å². The normalized spacial score (nSPS) is 14.6. The molecule has 1 saturated carbocycles. The van der Waals surface area contributed by atoms with Crippen molar-refractivity contribution in [1.82, 2.24) is 9.80 Å². The standard InChI is InChI=1S/C11H21N3OS/c1-3-13(4-2)11(15)14(9-5-6-9)8-7-10(12)16/h9H,3-8H2,1-2H3,(H2,12,16). The van der Waals surface area contributed by atoms with Crippen molar-refractivity contribution >= 4 is 23.2 Å². The number of amides is 2. The fraction of sp³-hybridized carbons (Fsp3) is 0.818. The Bertz CT molecular complexity index is 262. The highest BCUT2D eigenvalue weighted by atomic mass is 32.1. The summed E-state index contributed by atoms with van der Waals surface area (Å²) in [5, 5.41) is 0. The van der Waals surface area contributed by atoms with E-state index in [1.807, 2.05) is 23.6 Å². The van der Waals surface area contributed by atoms with Crippen LogP contribution in [0.25, 0.3) is 0 Å². The first kappa shape index (κ1) is 13.2. The van der Waals surface area contributed by atoms with Gasteiger partial charge >= 0.3 is 6.03 Å². The van der Waals surface area contributed by atoms with Crippen LogP contribution in [0, 0.1) is 0 Å². The lowest BCUT2D eigenvalue weighted by Gasteiger charge is -2.29. The summed E-state index contributed by atoms with van der Waals surface area (Å²) in [6.45, 7) is 6.17. The molecule has 1 fully saturated rings. The van der Waals surface area contributed by atoms with E-state index in [9.17, 15) is 4.79 Å². The Hall–Kier alpha value is -0.840. The Balaban J connectivity index is 2.54. The lowest BCUT2D eigenvalue weighted by molar-refractivity contribution is 0.156. The smallest absolute Gasteiger partial charge is 0.320 e. The van der Waals surface area contributed by atoms with Gasteiger partial charge in [-0.15, -0.1) is 0 Å². The lowest BCUT2D eigenvalue weighted by atomic mass is 10.3. The molecule has 0 radical (unpaired) electrons. The second kappa shape index (κ2) is 6.03. The summed E-state index contributed by atoms with van der Waals surface area (Å²) in [6.07, 6.45) is 2.85. The predicted molar refractivity (Wildman–Crippen MR) is 69.4 cm³/mol. The maximum Gasteiger partial charge on any atom is 0.320 e. The zero-order valence-corrected chi connectivity index (χ0v) is 10.9. The molecule has 5 heteroatoms. The van der Waals surface area contributed by atoms with E-state index in [0.29, 0.717) is 24.0 Å². The van der Waals surface area contributed by atoms with E-state index in [0.717, 1.165) is 25.9 Å². The maximum atomic E-state index is 12.2. The van der Waals surface area contributed by atoms with Crippen LogP contribution in [0.3, 0.4) is 0 Å². The number of urea groups is 1. The average Bonchev–Trinajstić information content (AvgIpc) is 3.03. The Morgan fingerprint density at radius 2 is 1.94 bits per heavy atom. The van der Waals surface area contributed by atoms with Crippen LogP contribution in [0.4, 0.5) is 4.79 Å². The van der Waals surface area contributed by atoms with Gasteiger partial charge in [-0.25, -0.2) is 4.79 Å². The van der Waals surface area contributed by atoms with Crippen molar-refractivity contribution < 1.29 is 4.79 Å². The van der Waals surface area contributed by atoms with Gasteiger partial charge in [0, 0.05) is 32.1 Å². The number of thiocarbonyl (C=S) groups is 1. The van der Waals surface area contributed by atoms with Crippen LogP contribution < -0.4 is 5.73 Å². The van der Waals surface area contributed by atoms with Crippen molar-refractivity contribution in [2.45, 2.75) is 39.2 Å². The van der Waals surface area contributed by atoms with Crippen molar-refractivity contribution in [2.24, 2.45) is 5.73 Å². The van der Waals surface area contributed by atoms with Crippen molar-refractivity contribution in [2.75, 3.05) is 19.6 Å². The van der Waals surface area contributed by atoms with E-state index in [-0.39, 0.29) is 6.03 Å². The number of hydrogen-bond acceptors (Lipinski definition) is 2. The van der Waals surface area contributed by atoms with Gasteiger partial charge in [0.2, 0.25) is 0 Å². The van der Waals surface area contributed by atoms with Crippen LogP contribution >= 0.6 is 12.2 Å². The van der Waals surface area contributed by atoms with Gasteiger partial charge in [0.15, 0.2) is 0 Å². The molecule has 0 bridgehead atoms. The summed E-state index contributed by atoms with van der Waals surface area (Å²) in [4.78, 5) is 16.4. The van der Waals surface area contributed by atoms with Crippen molar-refractivity contribution in [1.29, 1.82) is 0 Å². The second-order valence-corrected chi connectivity index (χ2v) is 4.62. The SMILES string of the molecule is CCN(CC)C(=O)N(CCC(N)=S)C1CC1. The molecule has 2 amide bonds. The van der Waals surface area contributed by atoms with Crippen molar-refractivity contribution in [3.8, 4) is 0 Å². The van der Waals surface area contributed by atoms with Gasteiger partial charge in [0.05, 0.1) is 4.99 Å². The molecule has 92 valence electrons. The van der Waals surface area contributed by atoms with Gasteiger partial charge in [0.25, 0.3) is 0 Å². The Morgan fingerprint density at radius 1 is 1.38 bits per heavy atom. The highest BCUT2D eigenvalue weighted by Crippen LogP contribution is 2.27. The van der Waals surface area contributed by atoms with Gasteiger partial charge in [-0.05, 0) is 26.7 Å². The van der Waals surface area contributed by atoms with Gasteiger partial charge in [-0.2, -0.15) is 0 Å². The molecule has 0 aromatic carbocycles. The molecule has 1 rings (SSSR count). The lowest BCUT2D eigenvalue weighted by Crippen LogP contribution is -2.45. The van der Waals surface area contributed by atoms with E-state index in [2.05, 4.69) is 0 Å². The van der Waals surface area contributed by atoms with E-state index in [1.165, 1.54) is 0 Å². The predicted octanol–water partition coefficient (Wildman–Crippen LogP) is 1.59. The molecule has 1 aliphatic carbocycles. The fourth-order valence-corrected chi connectivity index (χ4v) is 1.82. The molecule has 0 aromatic rings. The minimum Gasteiger partial charge on any atom is -0.393 e. The zero-order chi connectivity index (χ0) is 12.1. The summed E-state index contributed by atoms with van der Waals surface area (Å²) >= 11 is 4.86. The third-order valence-corrected chi connectivity index (χ3v) is 3.07. The fourth-order valence-electron chi connectivity index (χ4n) is 1.73. The van der Waals surface area contributed by atoms with Crippen LogP contribution in [0.15, 0.2) is 0 Å². The maximum absolute atomic E-state index is 12.2. The molecule has 0 saturated heterocycles. The van der Waals surface area contributed by atoms with Gasteiger partial charge in [0.1, 0.15) is 0 Å². The van der Waals surface area contributed by atoms with Crippen LogP contribution in [0.1, 0.15) is 33.1 Å². The molecule has 0 unspecified atom stereocenters. The topological polar surface area (TPSA) is 49.6 Å². The Morgan fingerprint density at radius 3 is 2.31 bits per heavy atom. The first-order valence-corrected chi connectivity index (χ1v) is 6.34. The monoisotopic (exact) mass is 243 g/mol. The molecular weight excluding hydrogens is 222 g/mol. The Kier molecular flexibility index (Phi) is 4.99. The van der Waals surface area contributed by atoms with Crippen molar-refractivity contribution in [3.05, 3.63) is 0 Å². The van der Waals surface area contributed by atoms with Crippen LogP contribution in [-0.4, -0.2) is 46.5 Å². The quantitative estimate of drug-likeness (QED) is 0.721. The number of rotatable bonds is 6. The largest absolute Gasteiger partial charge is 0.393 e. The zero-order valence-electron chi connectivity index (χ0n) is 10.1. The first-order valence-electron chi connectivity index (χ1n) is 5.94. The van der Waals surface area contributed by atoms with Gasteiger partial charge in [-0.3, -0.25) is 0 Å². The third-order valence-electron chi connectivity index (χ3n) is 2.87. The highest BCUT2D eigenvalue weighted by Gasteiger charge is 2.33. The average molecular weight is 243 g/mol. The van der Waals surface area contributed by atoms with Crippen LogP contribution in [0.2, 0.25) is 0 Å². The van der Waals surface area contributed by atoms with E-state index >= 15 is 0 Å². The minimum absolute atomic E-state index is 0.128. The summed E-state index contributed by atoms with van der Waals surface area (Å²) in [5.41, 5.74) is 5.48. The third kappa shape index (κ3) is 3.63. The molecule has 4 nitrogen and oxygen atoms in total. The summed E-state index contributed by atoms with van der Waals surface area (Å²) < 4.78 is 0. The molecule has 0 heterocycles. The van der Waals surface area contributed by atoms with E-state index < -0.39 is 0 Å². The molecule has 0 aliphatic heterocycles. The number of nitrogens with zero attached hydrogens (tertiary/aromatic N) is 2. The number of nitrogens with two attached hydrogens (primary N) is 1. The second-order valence-electron chi connectivity index (χ2n) is 4.10. The number of carbonyl (C=O) groups is 1. The van der Waals surface area contributed by atoms with E-state index in [1.54, 1.807) is 0 Å². The summed E-state index contributed by atoms with van der Waals surface area (Å²) in [5.74, 6) is 0. The first-order chi connectivity index (χ1) is 7.60. The number of carbonyl (C=O) groups excluding carboxylic acids is 1. The molecule has 2 N–H and O–H groups in total.